The van der Waals surface area contributed by atoms with E-state index in [0.717, 1.165) is 11.1 Å². The van der Waals surface area contributed by atoms with Crippen LogP contribution in [-0.4, -0.2) is 48.4 Å². The first kappa shape index (κ1) is 21.9. The van der Waals surface area contributed by atoms with Gasteiger partial charge in [-0.3, -0.25) is 4.79 Å². The van der Waals surface area contributed by atoms with Crippen molar-refractivity contribution in [1.82, 2.24) is 0 Å². The molecule has 0 aromatic rings. The Hall–Kier alpha value is -2.41. The summed E-state index contributed by atoms with van der Waals surface area (Å²) >= 11 is 0. The third-order valence-electron chi connectivity index (χ3n) is 5.18. The predicted octanol–water partition coefficient (Wildman–Crippen LogP) is 2.24. The Bertz CT molecular complexity index is 718. The van der Waals surface area contributed by atoms with Crippen LogP contribution in [0.2, 0.25) is 0 Å². The number of hydrogen-bond acceptors (Lipinski definition) is 7. The van der Waals surface area contributed by atoms with E-state index >= 15 is 0 Å². The highest BCUT2D eigenvalue weighted by molar-refractivity contribution is 5.91. The molecule has 0 aromatic heterocycles. The highest BCUT2D eigenvalue weighted by Gasteiger charge is 2.48. The van der Waals surface area contributed by atoms with Crippen LogP contribution in [0.3, 0.4) is 0 Å². The first-order chi connectivity index (χ1) is 13.1. The summed E-state index contributed by atoms with van der Waals surface area (Å²) in [6, 6.07) is 0. The van der Waals surface area contributed by atoms with E-state index in [1.165, 1.54) is 6.92 Å². The lowest BCUT2D eigenvalue weighted by Gasteiger charge is -2.36. The molecule has 1 aliphatic carbocycles. The summed E-state index contributed by atoms with van der Waals surface area (Å²) in [6.07, 6.45) is 0.210. The van der Waals surface area contributed by atoms with Gasteiger partial charge in [0.1, 0.15) is 12.7 Å². The molecule has 1 fully saturated rings. The number of rotatable bonds is 8. The highest BCUT2D eigenvalue weighted by Crippen LogP contribution is 2.43. The van der Waals surface area contributed by atoms with Crippen LogP contribution in [0.15, 0.2) is 35.5 Å². The van der Waals surface area contributed by atoms with Gasteiger partial charge in [-0.2, -0.15) is 0 Å². The molecule has 0 radical (unpaired) electrons. The van der Waals surface area contributed by atoms with Crippen molar-refractivity contribution >= 4 is 17.9 Å². The van der Waals surface area contributed by atoms with Gasteiger partial charge < -0.3 is 19.3 Å². The molecule has 1 heterocycles. The monoisotopic (exact) mass is 392 g/mol. The molecule has 2 rings (SSSR count). The SMILES string of the molecule is C=C(C)C(=O)OCC1=C(C(C)CCCOC(C)=O)C(O)C2C(=C)C(=O)OC2C1. The smallest absolute Gasteiger partial charge is 0.334 e. The second kappa shape index (κ2) is 9.19. The van der Waals surface area contributed by atoms with Crippen LogP contribution >= 0.6 is 0 Å². The summed E-state index contributed by atoms with van der Waals surface area (Å²) in [6.45, 7) is 12.5. The number of fused-ring (bicyclic) bond motifs is 1. The summed E-state index contributed by atoms with van der Waals surface area (Å²) in [5.74, 6) is -1.92. The number of carbonyl (C=O) groups excluding carboxylic acids is 3. The fourth-order valence-corrected chi connectivity index (χ4v) is 3.79. The maximum atomic E-state index is 11.9. The fraction of sp³-hybridized carbons (Fsp3) is 0.571. The molecule has 7 heteroatoms. The van der Waals surface area contributed by atoms with Crippen LogP contribution in [0.5, 0.6) is 0 Å². The van der Waals surface area contributed by atoms with Crippen molar-refractivity contribution in [2.45, 2.75) is 52.2 Å². The minimum atomic E-state index is -0.944. The van der Waals surface area contributed by atoms with E-state index in [4.69, 9.17) is 14.2 Å². The molecule has 4 atom stereocenters. The Labute approximate surface area is 165 Å². The molecule has 0 spiro atoms. The third kappa shape index (κ3) is 4.90. The Balaban J connectivity index is 2.20. The lowest BCUT2D eigenvalue weighted by Crippen LogP contribution is -2.39. The lowest BCUT2D eigenvalue weighted by molar-refractivity contribution is -0.141. The molecular formula is C21H28O7. The average molecular weight is 392 g/mol. The fourth-order valence-electron chi connectivity index (χ4n) is 3.79. The molecule has 2 aliphatic rings. The second-order valence-electron chi connectivity index (χ2n) is 7.44. The molecule has 4 unspecified atom stereocenters. The maximum Gasteiger partial charge on any atom is 0.334 e. The number of hydrogen-bond donors (Lipinski definition) is 1. The summed E-state index contributed by atoms with van der Waals surface area (Å²) in [5.41, 5.74) is 2.02. The van der Waals surface area contributed by atoms with Crippen LogP contribution in [0.4, 0.5) is 0 Å². The van der Waals surface area contributed by atoms with Crippen LogP contribution in [-0.2, 0) is 28.6 Å². The molecule has 1 saturated heterocycles. The molecule has 1 N–H and O–H groups in total. The average Bonchev–Trinajstić information content (AvgIpc) is 2.90. The zero-order valence-electron chi connectivity index (χ0n) is 16.7. The first-order valence-electron chi connectivity index (χ1n) is 9.39. The van der Waals surface area contributed by atoms with Gasteiger partial charge in [0.25, 0.3) is 0 Å². The summed E-state index contributed by atoms with van der Waals surface area (Å²) < 4.78 is 15.6. The zero-order valence-corrected chi connectivity index (χ0v) is 16.7. The number of aliphatic hydroxyl groups is 1. The van der Waals surface area contributed by atoms with Gasteiger partial charge >= 0.3 is 17.9 Å². The Morgan fingerprint density at radius 2 is 2.00 bits per heavy atom. The molecule has 1 aliphatic heterocycles. The first-order valence-corrected chi connectivity index (χ1v) is 9.39. The summed E-state index contributed by atoms with van der Waals surface area (Å²) in [5, 5.41) is 11.0. The predicted molar refractivity (Wildman–Crippen MR) is 101 cm³/mol. The minimum Gasteiger partial charge on any atom is -0.466 e. The van der Waals surface area contributed by atoms with E-state index < -0.39 is 30.1 Å². The minimum absolute atomic E-state index is 0.000378. The van der Waals surface area contributed by atoms with Crippen molar-refractivity contribution in [1.29, 1.82) is 0 Å². The molecule has 0 aromatic carbocycles. The van der Waals surface area contributed by atoms with Crippen molar-refractivity contribution in [3.8, 4) is 0 Å². The molecule has 7 nitrogen and oxygen atoms in total. The molecule has 0 bridgehead atoms. The second-order valence-corrected chi connectivity index (χ2v) is 7.44. The van der Waals surface area contributed by atoms with E-state index in [9.17, 15) is 19.5 Å². The molecule has 0 saturated carbocycles. The van der Waals surface area contributed by atoms with Gasteiger partial charge in [-0.1, -0.05) is 20.1 Å². The number of aliphatic hydroxyl groups excluding tert-OH is 1. The highest BCUT2D eigenvalue weighted by atomic mass is 16.6. The van der Waals surface area contributed by atoms with E-state index in [0.29, 0.717) is 25.9 Å². The van der Waals surface area contributed by atoms with Gasteiger partial charge in [-0.25, -0.2) is 9.59 Å². The molecular weight excluding hydrogens is 364 g/mol. The van der Waals surface area contributed by atoms with Gasteiger partial charge in [0.15, 0.2) is 0 Å². The summed E-state index contributed by atoms with van der Waals surface area (Å²) in [4.78, 5) is 34.6. The largest absolute Gasteiger partial charge is 0.466 e. The normalized spacial score (nSPS) is 25.1. The Morgan fingerprint density at radius 1 is 1.32 bits per heavy atom. The number of esters is 3. The van der Waals surface area contributed by atoms with Crippen molar-refractivity contribution in [3.05, 3.63) is 35.5 Å². The van der Waals surface area contributed by atoms with Crippen molar-refractivity contribution in [2.24, 2.45) is 11.8 Å². The van der Waals surface area contributed by atoms with E-state index in [1.54, 1.807) is 6.92 Å². The van der Waals surface area contributed by atoms with Crippen LogP contribution in [0.1, 0.15) is 40.0 Å². The quantitative estimate of drug-likeness (QED) is 0.222. The Morgan fingerprint density at radius 3 is 2.61 bits per heavy atom. The number of ether oxygens (including phenoxy) is 3. The van der Waals surface area contributed by atoms with Gasteiger partial charge in [-0.05, 0) is 36.8 Å². The topological polar surface area (TPSA) is 99.1 Å². The lowest BCUT2D eigenvalue weighted by atomic mass is 9.73. The van der Waals surface area contributed by atoms with Gasteiger partial charge in [-0.15, -0.1) is 0 Å². The maximum absolute atomic E-state index is 11.9. The number of carbonyl (C=O) groups is 3. The Kier molecular flexibility index (Phi) is 7.18. The van der Waals surface area contributed by atoms with Crippen molar-refractivity contribution in [2.75, 3.05) is 13.2 Å². The van der Waals surface area contributed by atoms with Crippen molar-refractivity contribution < 1.29 is 33.7 Å². The summed E-state index contributed by atoms with van der Waals surface area (Å²) in [7, 11) is 0. The molecule has 154 valence electrons. The van der Waals surface area contributed by atoms with Gasteiger partial charge in [0.05, 0.1) is 18.6 Å². The molecule has 0 amide bonds. The van der Waals surface area contributed by atoms with Gasteiger partial charge in [0, 0.05) is 24.5 Å². The van der Waals surface area contributed by atoms with Crippen LogP contribution in [0, 0.1) is 11.8 Å². The van der Waals surface area contributed by atoms with Gasteiger partial charge in [0.2, 0.25) is 0 Å². The van der Waals surface area contributed by atoms with Crippen LogP contribution < -0.4 is 0 Å². The van der Waals surface area contributed by atoms with E-state index in [2.05, 4.69) is 13.2 Å². The third-order valence-corrected chi connectivity index (χ3v) is 5.18. The van der Waals surface area contributed by atoms with Crippen molar-refractivity contribution in [3.63, 3.8) is 0 Å². The molecule has 28 heavy (non-hydrogen) atoms. The zero-order chi connectivity index (χ0) is 21.0. The standard InChI is InChI=1S/C21H28O7/c1-11(2)20(24)27-10-15-9-16-18(13(4)21(25)28-16)19(23)17(15)12(3)7-6-8-26-14(5)22/h12,16,18-19,23H,1,4,6-10H2,2-3,5H3. The van der Waals surface area contributed by atoms with Crippen LogP contribution in [0.25, 0.3) is 0 Å². The van der Waals surface area contributed by atoms with E-state index in [-0.39, 0.29) is 29.6 Å². The van der Waals surface area contributed by atoms with E-state index in [1.807, 2.05) is 6.92 Å².